The van der Waals surface area contributed by atoms with Crippen LogP contribution in [0, 0.1) is 5.82 Å². The van der Waals surface area contributed by atoms with Crippen molar-refractivity contribution in [2.24, 2.45) is 0 Å². The molecule has 1 heterocycles. The molecule has 0 bridgehead atoms. The van der Waals surface area contributed by atoms with Crippen molar-refractivity contribution in [2.45, 2.75) is 0 Å². The Labute approximate surface area is 229 Å². The summed E-state index contributed by atoms with van der Waals surface area (Å²) in [6.45, 7) is 0.00229. The quantitative estimate of drug-likeness (QED) is 0.219. The second kappa shape index (κ2) is 10.5. The molecule has 1 aliphatic heterocycles. The van der Waals surface area contributed by atoms with Crippen LogP contribution in [0.25, 0.3) is 10.8 Å². The van der Waals surface area contributed by atoms with E-state index in [1.807, 2.05) is 42.5 Å². The van der Waals surface area contributed by atoms with Crippen LogP contribution in [0.15, 0.2) is 115 Å². The van der Waals surface area contributed by atoms with Gasteiger partial charge in [0.05, 0.1) is 0 Å². The van der Waals surface area contributed by atoms with Crippen molar-refractivity contribution in [3.05, 3.63) is 138 Å². The fraction of sp³-hybridized carbons (Fsp3) is 0.0606. The average molecular weight is 531 g/mol. The zero-order chi connectivity index (χ0) is 27.6. The van der Waals surface area contributed by atoms with Gasteiger partial charge in [0.2, 0.25) is 0 Å². The number of halogens is 1. The maximum Gasteiger partial charge on any atom is 0.261 e. The summed E-state index contributed by atoms with van der Waals surface area (Å²) in [5.74, 6) is -0.411. The molecule has 1 aliphatic rings. The highest BCUT2D eigenvalue weighted by molar-refractivity contribution is 6.25. The van der Waals surface area contributed by atoms with Crippen molar-refractivity contribution >= 4 is 34.2 Å². The van der Waals surface area contributed by atoms with Gasteiger partial charge < -0.3 is 9.64 Å². The molecule has 7 heteroatoms. The lowest BCUT2D eigenvalue weighted by atomic mass is 9.94. The predicted molar refractivity (Wildman–Crippen MR) is 150 cm³/mol. The monoisotopic (exact) mass is 530 g/mol. The molecule has 6 rings (SSSR count). The van der Waals surface area contributed by atoms with Crippen LogP contribution >= 0.6 is 0 Å². The van der Waals surface area contributed by atoms with Crippen LogP contribution in [0.3, 0.4) is 0 Å². The molecular formula is C33H23FN2O4. The minimum absolute atomic E-state index is 0.0302. The third kappa shape index (κ3) is 4.69. The van der Waals surface area contributed by atoms with Crippen LogP contribution in [-0.2, 0) is 0 Å². The molecule has 5 aromatic carbocycles. The number of imide groups is 1. The number of carbonyl (C=O) groups is 3. The fourth-order valence-corrected chi connectivity index (χ4v) is 4.90. The summed E-state index contributed by atoms with van der Waals surface area (Å²) in [5.41, 5.74) is 1.71. The van der Waals surface area contributed by atoms with Crippen LogP contribution in [0.5, 0.6) is 11.5 Å². The van der Waals surface area contributed by atoms with E-state index in [-0.39, 0.29) is 18.7 Å². The molecule has 0 radical (unpaired) electrons. The minimum Gasteiger partial charge on any atom is -0.457 e. The number of rotatable bonds is 7. The van der Waals surface area contributed by atoms with Gasteiger partial charge in [0.1, 0.15) is 17.3 Å². The van der Waals surface area contributed by atoms with E-state index in [2.05, 4.69) is 0 Å². The molecule has 0 atom stereocenters. The molecule has 0 N–H and O–H groups in total. The first-order valence-corrected chi connectivity index (χ1v) is 12.8. The normalized spacial score (nSPS) is 12.5. The molecule has 0 spiro atoms. The zero-order valence-corrected chi connectivity index (χ0v) is 21.3. The van der Waals surface area contributed by atoms with Crippen molar-refractivity contribution in [1.29, 1.82) is 0 Å². The molecule has 40 heavy (non-hydrogen) atoms. The molecule has 3 amide bonds. The van der Waals surface area contributed by atoms with E-state index >= 15 is 0 Å². The van der Waals surface area contributed by atoms with Crippen molar-refractivity contribution < 1.29 is 23.5 Å². The largest absolute Gasteiger partial charge is 0.457 e. The molecule has 0 saturated carbocycles. The van der Waals surface area contributed by atoms with Crippen LogP contribution in [-0.4, -0.2) is 35.7 Å². The van der Waals surface area contributed by atoms with Gasteiger partial charge in [-0.1, -0.05) is 42.5 Å². The molecule has 0 aromatic heterocycles. The van der Waals surface area contributed by atoms with E-state index in [0.717, 1.165) is 5.39 Å². The van der Waals surface area contributed by atoms with Crippen LogP contribution < -0.4 is 9.64 Å². The fourth-order valence-electron chi connectivity index (χ4n) is 4.90. The zero-order valence-electron chi connectivity index (χ0n) is 21.3. The minimum atomic E-state index is -0.456. The van der Waals surface area contributed by atoms with Gasteiger partial charge in [-0.3, -0.25) is 19.3 Å². The highest BCUT2D eigenvalue weighted by Gasteiger charge is 2.33. The molecule has 0 unspecified atom stereocenters. The number of ether oxygens (including phenoxy) is 1. The van der Waals surface area contributed by atoms with Gasteiger partial charge in [0.15, 0.2) is 0 Å². The number of amides is 3. The van der Waals surface area contributed by atoms with E-state index in [4.69, 9.17) is 4.74 Å². The average Bonchev–Trinajstić information content (AvgIpc) is 2.99. The summed E-state index contributed by atoms with van der Waals surface area (Å²) in [4.78, 5) is 43.1. The standard InChI is InChI=1S/C33H23FN2O4/c34-24-14-12-23(13-15-24)31(37)35(25-16-18-27(19-17-25)40-26-8-2-1-3-9-26)20-21-36-32(38)28-10-4-6-22-7-5-11-29(30(22)28)33(36)39/h1-19H,20-21H2. The van der Waals surface area contributed by atoms with Gasteiger partial charge in [0, 0.05) is 40.9 Å². The molecular weight excluding hydrogens is 507 g/mol. The highest BCUT2D eigenvalue weighted by atomic mass is 19.1. The van der Waals surface area contributed by atoms with Crippen molar-refractivity contribution in [1.82, 2.24) is 4.90 Å². The van der Waals surface area contributed by atoms with Crippen molar-refractivity contribution in [2.75, 3.05) is 18.0 Å². The SMILES string of the molecule is O=C1c2cccc3cccc(c23)C(=O)N1CCN(C(=O)c1ccc(F)cc1)c1ccc(Oc2ccccc2)cc1. The van der Waals surface area contributed by atoms with E-state index in [1.165, 1.54) is 34.1 Å². The third-order valence-corrected chi connectivity index (χ3v) is 6.87. The Hall–Kier alpha value is -5.30. The number of benzene rings is 5. The summed E-state index contributed by atoms with van der Waals surface area (Å²) in [6.07, 6.45) is 0. The van der Waals surface area contributed by atoms with Gasteiger partial charge in [-0.2, -0.15) is 0 Å². The molecule has 5 aromatic rings. The Morgan fingerprint density at radius 3 is 1.93 bits per heavy atom. The Bertz CT molecular complexity index is 1680. The molecule has 0 fully saturated rings. The molecule has 196 valence electrons. The lowest BCUT2D eigenvalue weighted by Crippen LogP contribution is -2.46. The van der Waals surface area contributed by atoms with Gasteiger partial charge in [-0.15, -0.1) is 0 Å². The van der Waals surface area contributed by atoms with Crippen LogP contribution in [0.1, 0.15) is 31.1 Å². The Morgan fingerprint density at radius 1 is 0.700 bits per heavy atom. The number of para-hydroxylation sites is 1. The van der Waals surface area contributed by atoms with Gasteiger partial charge in [-0.25, -0.2) is 4.39 Å². The van der Waals surface area contributed by atoms with Gasteiger partial charge in [0.25, 0.3) is 17.7 Å². The van der Waals surface area contributed by atoms with Crippen molar-refractivity contribution in [3.63, 3.8) is 0 Å². The topological polar surface area (TPSA) is 66.9 Å². The number of carbonyl (C=O) groups excluding carboxylic acids is 3. The van der Waals surface area contributed by atoms with E-state index in [0.29, 0.717) is 33.7 Å². The maximum absolute atomic E-state index is 13.6. The lowest BCUT2D eigenvalue weighted by Gasteiger charge is -2.30. The van der Waals surface area contributed by atoms with E-state index < -0.39 is 23.5 Å². The summed E-state index contributed by atoms with van der Waals surface area (Å²) in [6, 6.07) is 32.2. The number of hydrogen-bond donors (Lipinski definition) is 0. The maximum atomic E-state index is 13.6. The number of nitrogens with zero attached hydrogens (tertiary/aromatic N) is 2. The van der Waals surface area contributed by atoms with Gasteiger partial charge in [-0.05, 0) is 78.2 Å². The molecule has 0 aliphatic carbocycles. The molecule has 0 saturated heterocycles. The van der Waals surface area contributed by atoms with E-state index in [1.54, 1.807) is 48.5 Å². The van der Waals surface area contributed by atoms with Crippen molar-refractivity contribution in [3.8, 4) is 11.5 Å². The molecule has 6 nitrogen and oxygen atoms in total. The number of anilines is 1. The Balaban J connectivity index is 1.29. The smallest absolute Gasteiger partial charge is 0.261 e. The Kier molecular flexibility index (Phi) is 6.54. The Morgan fingerprint density at radius 2 is 1.30 bits per heavy atom. The lowest BCUT2D eigenvalue weighted by molar-refractivity contribution is 0.0611. The second-order valence-electron chi connectivity index (χ2n) is 9.34. The summed E-state index contributed by atoms with van der Waals surface area (Å²) >= 11 is 0. The number of hydrogen-bond acceptors (Lipinski definition) is 4. The van der Waals surface area contributed by atoms with Crippen LogP contribution in [0.2, 0.25) is 0 Å². The van der Waals surface area contributed by atoms with Gasteiger partial charge >= 0.3 is 0 Å². The second-order valence-corrected chi connectivity index (χ2v) is 9.34. The highest BCUT2D eigenvalue weighted by Crippen LogP contribution is 2.30. The first-order chi connectivity index (χ1) is 19.5. The predicted octanol–water partition coefficient (Wildman–Crippen LogP) is 6.71. The summed E-state index contributed by atoms with van der Waals surface area (Å²) in [5, 5.41) is 1.46. The third-order valence-electron chi connectivity index (χ3n) is 6.87. The van der Waals surface area contributed by atoms with Crippen LogP contribution in [0.4, 0.5) is 10.1 Å². The first kappa shape index (κ1) is 25.0. The summed E-state index contributed by atoms with van der Waals surface area (Å²) < 4.78 is 19.4. The first-order valence-electron chi connectivity index (χ1n) is 12.8. The summed E-state index contributed by atoms with van der Waals surface area (Å²) in [7, 11) is 0. The van der Waals surface area contributed by atoms with E-state index in [9.17, 15) is 18.8 Å².